The molecule has 0 unspecified atom stereocenters. The van der Waals surface area contributed by atoms with Crippen LogP contribution in [0.2, 0.25) is 0 Å². The number of hydrogen-bond acceptors (Lipinski definition) is 6. The molecule has 2 aliphatic heterocycles. The number of halogens is 2. The molecule has 0 saturated heterocycles. The van der Waals surface area contributed by atoms with E-state index in [1.807, 2.05) is 27.7 Å². The number of rotatable bonds is 5. The number of imide groups is 2. The van der Waals surface area contributed by atoms with Crippen LogP contribution >= 0.6 is 44.8 Å². The van der Waals surface area contributed by atoms with Gasteiger partial charge in [-0.05, 0) is 74.2 Å². The predicted molar refractivity (Wildman–Crippen MR) is 136 cm³/mol. The average molecular weight is 533 g/mol. The van der Waals surface area contributed by atoms with E-state index in [-0.39, 0.29) is 10.1 Å². The molecule has 2 aliphatic rings. The van der Waals surface area contributed by atoms with Gasteiger partial charge in [-0.1, -0.05) is 44.8 Å². The SMILES string of the molecule is Cc1cc(N2C(=O)C=C(Cl)C2=O)cc(C)c1SSc1c(C)cc(N2C(=O)C=C(Cl)C2=O)cc1C. The van der Waals surface area contributed by atoms with Gasteiger partial charge in [0.05, 0.1) is 11.4 Å². The number of aryl methyl sites for hydroxylation is 4. The van der Waals surface area contributed by atoms with Crippen molar-refractivity contribution in [3.8, 4) is 0 Å². The van der Waals surface area contributed by atoms with E-state index in [4.69, 9.17) is 23.2 Å². The minimum atomic E-state index is -0.530. The first-order valence-electron chi connectivity index (χ1n) is 10.1. The lowest BCUT2D eigenvalue weighted by Crippen LogP contribution is -2.30. The van der Waals surface area contributed by atoms with Crippen molar-refractivity contribution >= 4 is 79.8 Å². The van der Waals surface area contributed by atoms with Gasteiger partial charge in [0.2, 0.25) is 0 Å². The number of hydrogen-bond donors (Lipinski definition) is 0. The molecule has 174 valence electrons. The maximum absolute atomic E-state index is 12.2. The number of carbonyl (C=O) groups is 4. The van der Waals surface area contributed by atoms with Crippen LogP contribution in [0.4, 0.5) is 11.4 Å². The summed E-state index contributed by atoms with van der Waals surface area (Å²) in [6.07, 6.45) is 2.24. The molecule has 2 aromatic carbocycles. The highest BCUT2D eigenvalue weighted by atomic mass is 35.5. The molecule has 34 heavy (non-hydrogen) atoms. The van der Waals surface area contributed by atoms with Crippen LogP contribution in [0, 0.1) is 27.7 Å². The molecule has 0 fully saturated rings. The molecule has 0 spiro atoms. The first kappa shape index (κ1) is 24.6. The Morgan fingerprint density at radius 3 is 1.12 bits per heavy atom. The number of carbonyl (C=O) groups excluding carboxylic acids is 4. The van der Waals surface area contributed by atoms with E-state index in [9.17, 15) is 19.2 Å². The van der Waals surface area contributed by atoms with E-state index >= 15 is 0 Å². The van der Waals surface area contributed by atoms with Crippen molar-refractivity contribution in [2.45, 2.75) is 37.5 Å². The van der Waals surface area contributed by atoms with E-state index in [1.165, 1.54) is 0 Å². The van der Waals surface area contributed by atoms with Gasteiger partial charge in [0.1, 0.15) is 10.1 Å². The summed E-state index contributed by atoms with van der Waals surface area (Å²) in [5, 5.41) is -0.196. The smallest absolute Gasteiger partial charge is 0.269 e. The van der Waals surface area contributed by atoms with Gasteiger partial charge in [0, 0.05) is 21.9 Å². The predicted octanol–water partition coefficient (Wildman–Crippen LogP) is 5.71. The summed E-state index contributed by atoms with van der Waals surface area (Å²) in [7, 11) is 3.12. The quantitative estimate of drug-likeness (QED) is 0.362. The third-order valence-electron chi connectivity index (χ3n) is 5.37. The Morgan fingerprint density at radius 2 is 0.882 bits per heavy atom. The monoisotopic (exact) mass is 532 g/mol. The molecular weight excluding hydrogens is 515 g/mol. The highest BCUT2D eigenvalue weighted by Gasteiger charge is 2.33. The molecule has 4 amide bonds. The number of anilines is 2. The van der Waals surface area contributed by atoms with Crippen molar-refractivity contribution in [3.05, 3.63) is 68.7 Å². The molecule has 0 aromatic heterocycles. The van der Waals surface area contributed by atoms with Gasteiger partial charge in [-0.2, -0.15) is 0 Å². The largest absolute Gasteiger partial charge is 0.277 e. The summed E-state index contributed by atoms with van der Waals surface area (Å²) < 4.78 is 0. The molecule has 0 aliphatic carbocycles. The van der Waals surface area contributed by atoms with Crippen LogP contribution in [0.1, 0.15) is 22.3 Å². The lowest BCUT2D eigenvalue weighted by Gasteiger charge is -2.19. The highest BCUT2D eigenvalue weighted by molar-refractivity contribution is 8.76. The van der Waals surface area contributed by atoms with Gasteiger partial charge >= 0.3 is 0 Å². The number of benzene rings is 2. The minimum absolute atomic E-state index is 0.0981. The summed E-state index contributed by atoms with van der Waals surface area (Å²) in [6, 6.07) is 7.16. The molecule has 10 heteroatoms. The summed E-state index contributed by atoms with van der Waals surface area (Å²) in [5.74, 6) is -1.97. The molecular formula is C24H18Cl2N2O4S2. The van der Waals surface area contributed by atoms with E-state index in [0.29, 0.717) is 11.4 Å². The normalized spacial score (nSPS) is 16.1. The Labute approximate surface area is 214 Å². The molecule has 0 atom stereocenters. The van der Waals surface area contributed by atoms with Crippen LogP contribution in [0.3, 0.4) is 0 Å². The van der Waals surface area contributed by atoms with Crippen LogP contribution in [0.25, 0.3) is 0 Å². The minimum Gasteiger partial charge on any atom is -0.269 e. The Morgan fingerprint density at radius 1 is 0.588 bits per heavy atom. The number of amides is 4. The van der Waals surface area contributed by atoms with Crippen LogP contribution < -0.4 is 9.80 Å². The van der Waals surface area contributed by atoms with E-state index in [2.05, 4.69) is 0 Å². The van der Waals surface area contributed by atoms with Gasteiger partial charge in [-0.25, -0.2) is 9.80 Å². The van der Waals surface area contributed by atoms with Gasteiger partial charge in [0.25, 0.3) is 23.6 Å². The standard InChI is InChI=1S/C24H18Cl2N2O4S2/c1-11-5-15(27-19(29)9-17(25)23(27)31)6-12(2)21(11)33-34-22-13(3)7-16(8-14(22)4)28-20(30)10-18(26)24(28)32/h5-10H,1-4H3. The van der Waals surface area contributed by atoms with Gasteiger partial charge in [0.15, 0.2) is 0 Å². The molecule has 0 saturated carbocycles. The van der Waals surface area contributed by atoms with Crippen molar-refractivity contribution in [3.63, 3.8) is 0 Å². The second kappa shape index (κ2) is 9.26. The van der Waals surface area contributed by atoms with Crippen molar-refractivity contribution in [2.24, 2.45) is 0 Å². The van der Waals surface area contributed by atoms with E-state index in [1.54, 1.807) is 45.9 Å². The van der Waals surface area contributed by atoms with Crippen molar-refractivity contribution in [1.29, 1.82) is 0 Å². The molecule has 4 rings (SSSR count). The molecule has 2 heterocycles. The van der Waals surface area contributed by atoms with Crippen molar-refractivity contribution < 1.29 is 19.2 Å². The zero-order valence-corrected chi connectivity index (χ0v) is 21.7. The zero-order chi connectivity index (χ0) is 24.9. The van der Waals surface area contributed by atoms with E-state index in [0.717, 1.165) is 54.0 Å². The maximum atomic E-state index is 12.2. The lowest BCUT2D eigenvalue weighted by atomic mass is 10.1. The molecule has 0 radical (unpaired) electrons. The lowest BCUT2D eigenvalue weighted by molar-refractivity contribution is -0.121. The Bertz CT molecular complexity index is 1220. The van der Waals surface area contributed by atoms with E-state index < -0.39 is 23.6 Å². The topological polar surface area (TPSA) is 74.8 Å². The summed E-state index contributed by atoms with van der Waals surface area (Å²) in [5.41, 5.74) is 4.62. The molecule has 0 N–H and O–H groups in total. The Hall–Kier alpha value is -2.52. The fraction of sp³-hybridized carbons (Fsp3) is 0.167. The van der Waals surface area contributed by atoms with Crippen molar-refractivity contribution in [1.82, 2.24) is 0 Å². The number of nitrogens with zero attached hydrogens (tertiary/aromatic N) is 2. The summed E-state index contributed by atoms with van der Waals surface area (Å²) in [4.78, 5) is 52.9. The first-order valence-corrected chi connectivity index (χ1v) is 13.0. The maximum Gasteiger partial charge on any atom is 0.277 e. The van der Waals surface area contributed by atoms with Gasteiger partial charge in [-0.3, -0.25) is 19.2 Å². The van der Waals surface area contributed by atoms with Gasteiger partial charge < -0.3 is 0 Å². The third-order valence-corrected chi connectivity index (χ3v) is 8.87. The second-order valence-electron chi connectivity index (χ2n) is 7.93. The average Bonchev–Trinajstić information content (AvgIpc) is 3.15. The Balaban J connectivity index is 1.56. The molecule has 0 bridgehead atoms. The van der Waals surface area contributed by atoms with Crippen LogP contribution in [0.5, 0.6) is 0 Å². The zero-order valence-electron chi connectivity index (χ0n) is 18.6. The highest BCUT2D eigenvalue weighted by Crippen LogP contribution is 2.45. The molecule has 6 nitrogen and oxygen atoms in total. The summed E-state index contributed by atoms with van der Waals surface area (Å²) >= 11 is 11.7. The second-order valence-corrected chi connectivity index (χ2v) is 10.9. The fourth-order valence-corrected chi connectivity index (χ4v) is 7.19. The Kier molecular flexibility index (Phi) is 6.70. The van der Waals surface area contributed by atoms with Crippen LogP contribution in [0.15, 0.2) is 56.3 Å². The fourth-order valence-electron chi connectivity index (χ4n) is 3.83. The van der Waals surface area contributed by atoms with Crippen LogP contribution in [-0.2, 0) is 19.2 Å². The summed E-state index contributed by atoms with van der Waals surface area (Å²) in [6.45, 7) is 7.68. The van der Waals surface area contributed by atoms with Crippen molar-refractivity contribution in [2.75, 3.05) is 9.80 Å². The van der Waals surface area contributed by atoms with Crippen LogP contribution in [-0.4, -0.2) is 23.6 Å². The molecule has 2 aromatic rings. The first-order chi connectivity index (χ1) is 16.0. The van der Waals surface area contributed by atoms with Gasteiger partial charge in [-0.15, -0.1) is 0 Å². The third kappa shape index (κ3) is 4.31.